The number of rotatable bonds is 9. The van der Waals surface area contributed by atoms with Gasteiger partial charge in [-0.05, 0) is 48.9 Å². The van der Waals surface area contributed by atoms with E-state index < -0.39 is 22.2 Å². The summed E-state index contributed by atoms with van der Waals surface area (Å²) < 4.78 is 19.2. The van der Waals surface area contributed by atoms with Crippen molar-refractivity contribution in [1.29, 1.82) is 0 Å². The van der Waals surface area contributed by atoms with E-state index in [-0.39, 0.29) is 18.6 Å². The van der Waals surface area contributed by atoms with Gasteiger partial charge in [-0.15, -0.1) is 0 Å². The van der Waals surface area contributed by atoms with E-state index in [9.17, 15) is 5.11 Å². The monoisotopic (exact) mass is 442 g/mol. The minimum absolute atomic E-state index is 0.0670. The normalized spacial score (nSPS) is 28.4. The molecule has 0 radical (unpaired) electrons. The summed E-state index contributed by atoms with van der Waals surface area (Å²) in [5.74, 6) is 0.179. The van der Waals surface area contributed by atoms with Crippen LogP contribution in [0.2, 0.25) is 31.7 Å². The highest BCUT2D eigenvalue weighted by molar-refractivity contribution is 6.92. The Bertz CT molecular complexity index is 839. The van der Waals surface area contributed by atoms with Crippen molar-refractivity contribution >= 4 is 21.8 Å². The summed E-state index contributed by atoms with van der Waals surface area (Å²) in [6.45, 7) is 10.5. The number of epoxide rings is 1. The number of benzene rings is 2. The molecule has 0 aromatic heterocycles. The number of aliphatic hydroxyl groups is 1. The molecule has 1 saturated carbocycles. The fourth-order valence-electron chi connectivity index (χ4n) is 5.33. The summed E-state index contributed by atoms with van der Waals surface area (Å²) in [5, 5.41) is 11.5. The Kier molecular flexibility index (Phi) is 6.09. The third kappa shape index (κ3) is 4.22. The molecule has 4 rings (SSSR count). The Morgan fingerprint density at radius 1 is 1.00 bits per heavy atom. The second kappa shape index (κ2) is 8.33. The second-order valence-corrected chi connectivity index (χ2v) is 18.1. The molecule has 30 heavy (non-hydrogen) atoms. The summed E-state index contributed by atoms with van der Waals surface area (Å²) in [4.78, 5) is 0. The van der Waals surface area contributed by atoms with E-state index >= 15 is 0 Å². The Hall–Kier alpha value is -1.29. The predicted octanol–water partition coefficient (Wildman–Crippen LogP) is 4.06. The SMILES string of the molecule is C[Si](C)(O[Si](C)(C)[C@H]1C[C@H]2O[C@@]2(CO)[C@@H]1COCc1ccccc1)c1ccccc1. The molecule has 1 heterocycles. The number of hydrogen-bond acceptors (Lipinski definition) is 4. The van der Waals surface area contributed by atoms with Gasteiger partial charge in [0.1, 0.15) is 5.60 Å². The van der Waals surface area contributed by atoms with Gasteiger partial charge in [-0.1, -0.05) is 60.7 Å². The maximum atomic E-state index is 10.2. The van der Waals surface area contributed by atoms with Gasteiger partial charge in [0.15, 0.2) is 8.32 Å². The molecule has 1 aliphatic heterocycles. The molecule has 162 valence electrons. The molecule has 0 bridgehead atoms. The van der Waals surface area contributed by atoms with Gasteiger partial charge in [0.2, 0.25) is 8.32 Å². The molecule has 2 aromatic rings. The molecular weight excluding hydrogens is 408 g/mol. The van der Waals surface area contributed by atoms with Crippen LogP contribution in [0.25, 0.3) is 0 Å². The lowest BCUT2D eigenvalue weighted by molar-refractivity contribution is 0.0265. The van der Waals surface area contributed by atoms with E-state index in [4.69, 9.17) is 13.6 Å². The van der Waals surface area contributed by atoms with Crippen LogP contribution < -0.4 is 5.19 Å². The molecule has 2 fully saturated rings. The molecule has 1 N–H and O–H groups in total. The van der Waals surface area contributed by atoms with E-state index in [0.29, 0.717) is 18.8 Å². The molecule has 0 spiro atoms. The van der Waals surface area contributed by atoms with Gasteiger partial charge in [-0.25, -0.2) is 0 Å². The molecule has 2 aromatic carbocycles. The number of aliphatic hydroxyl groups excluding tert-OH is 1. The van der Waals surface area contributed by atoms with Crippen molar-refractivity contribution in [3.05, 3.63) is 66.2 Å². The second-order valence-electron chi connectivity index (χ2n) is 9.75. The van der Waals surface area contributed by atoms with Gasteiger partial charge in [0.25, 0.3) is 0 Å². The Balaban J connectivity index is 1.48. The first-order valence-electron chi connectivity index (χ1n) is 10.9. The standard InChI is InChI=1S/C24H34O4Si2/c1-29(2,20-13-9-6-10-14-20)28-30(3,4)22-15-23-24(18-25,27-23)21(22)17-26-16-19-11-7-5-8-12-19/h5-14,21-23,25H,15-18H2,1-4H3/t21-,22+,23-,24+/m1/s1. The fourth-order valence-corrected chi connectivity index (χ4v) is 14.8. The first-order valence-corrected chi connectivity index (χ1v) is 16.8. The van der Waals surface area contributed by atoms with Crippen molar-refractivity contribution in [2.45, 2.75) is 56.5 Å². The first-order chi connectivity index (χ1) is 14.3. The van der Waals surface area contributed by atoms with E-state index in [1.54, 1.807) is 0 Å². The third-order valence-corrected chi connectivity index (χ3v) is 15.3. The zero-order chi connectivity index (χ0) is 21.4. The molecule has 0 unspecified atom stereocenters. The Morgan fingerprint density at radius 3 is 2.27 bits per heavy atom. The highest BCUT2D eigenvalue weighted by atomic mass is 28.4. The van der Waals surface area contributed by atoms with Gasteiger partial charge in [-0.2, -0.15) is 0 Å². The average molecular weight is 443 g/mol. The molecular formula is C24H34O4Si2. The molecule has 4 atom stereocenters. The van der Waals surface area contributed by atoms with Gasteiger partial charge in [-0.3, -0.25) is 0 Å². The van der Waals surface area contributed by atoms with Crippen LogP contribution in [-0.2, 0) is 20.2 Å². The number of hydrogen-bond donors (Lipinski definition) is 1. The maximum Gasteiger partial charge on any atom is 0.205 e. The van der Waals surface area contributed by atoms with Crippen LogP contribution in [0.3, 0.4) is 0 Å². The predicted molar refractivity (Wildman–Crippen MR) is 125 cm³/mol. The van der Waals surface area contributed by atoms with Crippen molar-refractivity contribution < 1.29 is 18.7 Å². The summed E-state index contributed by atoms with van der Waals surface area (Å²) in [6, 6.07) is 20.9. The van der Waals surface area contributed by atoms with Crippen LogP contribution in [0.15, 0.2) is 60.7 Å². The van der Waals surface area contributed by atoms with Crippen molar-refractivity contribution in [1.82, 2.24) is 0 Å². The summed E-state index contributed by atoms with van der Waals surface area (Å²) in [6.07, 6.45) is 1.12. The topological polar surface area (TPSA) is 51.2 Å². The highest BCUT2D eigenvalue weighted by Crippen LogP contribution is 2.61. The van der Waals surface area contributed by atoms with Crippen molar-refractivity contribution in [3.8, 4) is 0 Å². The highest BCUT2D eigenvalue weighted by Gasteiger charge is 2.71. The number of ether oxygens (including phenoxy) is 2. The van der Waals surface area contributed by atoms with Gasteiger partial charge in [0, 0.05) is 5.92 Å². The first kappa shape index (κ1) is 21.9. The zero-order valence-electron chi connectivity index (χ0n) is 18.5. The lowest BCUT2D eigenvalue weighted by Crippen LogP contribution is -2.55. The van der Waals surface area contributed by atoms with E-state index in [1.807, 2.05) is 18.2 Å². The zero-order valence-corrected chi connectivity index (χ0v) is 20.5. The molecule has 2 aliphatic rings. The summed E-state index contributed by atoms with van der Waals surface area (Å²) in [7, 11) is -4.08. The molecule has 4 nitrogen and oxygen atoms in total. The van der Waals surface area contributed by atoms with Crippen molar-refractivity contribution in [3.63, 3.8) is 0 Å². The lowest BCUT2D eigenvalue weighted by atomic mass is 9.96. The van der Waals surface area contributed by atoms with Gasteiger partial charge >= 0.3 is 0 Å². The smallest absolute Gasteiger partial charge is 0.205 e. The van der Waals surface area contributed by atoms with E-state index in [0.717, 1.165) is 6.42 Å². The summed E-state index contributed by atoms with van der Waals surface area (Å²) >= 11 is 0. The molecule has 1 aliphatic carbocycles. The lowest BCUT2D eigenvalue weighted by Gasteiger charge is -2.41. The molecule has 1 saturated heterocycles. The molecule has 6 heteroatoms. The largest absolute Gasteiger partial charge is 0.452 e. The van der Waals surface area contributed by atoms with Crippen LogP contribution in [0.1, 0.15) is 12.0 Å². The van der Waals surface area contributed by atoms with Crippen LogP contribution in [0, 0.1) is 5.92 Å². The van der Waals surface area contributed by atoms with Gasteiger partial charge < -0.3 is 18.7 Å². The van der Waals surface area contributed by atoms with Gasteiger partial charge in [0.05, 0.1) is 25.9 Å². The maximum absolute atomic E-state index is 10.2. The minimum Gasteiger partial charge on any atom is -0.452 e. The van der Waals surface area contributed by atoms with Crippen LogP contribution >= 0.6 is 0 Å². The van der Waals surface area contributed by atoms with Crippen molar-refractivity contribution in [2.24, 2.45) is 5.92 Å². The minimum atomic E-state index is -2.06. The third-order valence-electron chi connectivity index (χ3n) is 6.97. The van der Waals surface area contributed by atoms with Crippen LogP contribution in [0.5, 0.6) is 0 Å². The quantitative estimate of drug-likeness (QED) is 0.470. The van der Waals surface area contributed by atoms with E-state index in [1.165, 1.54) is 10.8 Å². The average Bonchev–Trinajstić information content (AvgIpc) is 3.36. The van der Waals surface area contributed by atoms with Crippen molar-refractivity contribution in [2.75, 3.05) is 13.2 Å². The Labute approximate surface area is 182 Å². The Morgan fingerprint density at radius 2 is 1.63 bits per heavy atom. The molecule has 0 amide bonds. The van der Waals surface area contributed by atoms with Crippen LogP contribution in [-0.4, -0.2) is 46.7 Å². The number of fused-ring (bicyclic) bond motifs is 1. The van der Waals surface area contributed by atoms with E-state index in [2.05, 4.69) is 68.7 Å². The fraction of sp³-hybridized carbons (Fsp3) is 0.500. The summed E-state index contributed by atoms with van der Waals surface area (Å²) in [5.41, 5.74) is 1.16. The van der Waals surface area contributed by atoms with Crippen LogP contribution in [0.4, 0.5) is 0 Å².